The molecule has 152 valence electrons. The standard InChI is InChI=1S/C19H28N6O2S/c1-22-10-7-20-19(22)16-23-11-13-24(14-12-23)18-6-5-17(15-21-18)28(26,27)25-8-3-2-4-9-25/h5-7,10,15H,2-4,8-9,11-14,16H2,1H3. The van der Waals surface area contributed by atoms with Crippen molar-refractivity contribution in [3.63, 3.8) is 0 Å². The molecule has 2 saturated heterocycles. The smallest absolute Gasteiger partial charge is 0.244 e. The summed E-state index contributed by atoms with van der Waals surface area (Å²) in [6, 6.07) is 3.54. The minimum Gasteiger partial charge on any atom is -0.354 e. The number of aryl methyl sites for hydroxylation is 1. The summed E-state index contributed by atoms with van der Waals surface area (Å²) in [4.78, 5) is 13.8. The molecule has 2 aromatic heterocycles. The van der Waals surface area contributed by atoms with Gasteiger partial charge in [0.05, 0.1) is 6.54 Å². The molecule has 2 fully saturated rings. The van der Waals surface area contributed by atoms with E-state index in [0.29, 0.717) is 18.0 Å². The lowest BCUT2D eigenvalue weighted by Gasteiger charge is -2.35. The lowest BCUT2D eigenvalue weighted by atomic mass is 10.2. The Morgan fingerprint density at radius 2 is 1.71 bits per heavy atom. The van der Waals surface area contributed by atoms with Crippen LogP contribution in [0.1, 0.15) is 25.1 Å². The molecule has 0 amide bonds. The monoisotopic (exact) mass is 404 g/mol. The number of imidazole rings is 1. The van der Waals surface area contributed by atoms with E-state index in [1.807, 2.05) is 25.5 Å². The molecule has 0 aromatic carbocycles. The van der Waals surface area contributed by atoms with Gasteiger partial charge in [-0.1, -0.05) is 6.42 Å². The number of hydrogen-bond donors (Lipinski definition) is 0. The molecule has 2 aromatic rings. The maximum atomic E-state index is 12.8. The lowest BCUT2D eigenvalue weighted by molar-refractivity contribution is 0.241. The SMILES string of the molecule is Cn1ccnc1CN1CCN(c2ccc(S(=O)(=O)N3CCCCC3)cn2)CC1. The summed E-state index contributed by atoms with van der Waals surface area (Å²) in [5.41, 5.74) is 0. The largest absolute Gasteiger partial charge is 0.354 e. The number of hydrogen-bond acceptors (Lipinski definition) is 6. The summed E-state index contributed by atoms with van der Waals surface area (Å²) in [6.45, 7) is 5.68. The van der Waals surface area contributed by atoms with Crippen LogP contribution in [0, 0.1) is 0 Å². The van der Waals surface area contributed by atoms with Gasteiger partial charge in [0, 0.05) is 64.9 Å². The number of anilines is 1. The number of piperidine rings is 1. The highest BCUT2D eigenvalue weighted by atomic mass is 32.2. The van der Waals surface area contributed by atoms with Gasteiger partial charge in [0.1, 0.15) is 16.5 Å². The third-order valence-corrected chi connectivity index (χ3v) is 7.54. The van der Waals surface area contributed by atoms with Crippen LogP contribution < -0.4 is 4.90 Å². The molecule has 0 spiro atoms. The van der Waals surface area contributed by atoms with Gasteiger partial charge >= 0.3 is 0 Å². The van der Waals surface area contributed by atoms with Crippen LogP contribution in [0.2, 0.25) is 0 Å². The van der Waals surface area contributed by atoms with Gasteiger partial charge in [-0.3, -0.25) is 4.90 Å². The van der Waals surface area contributed by atoms with Crippen molar-refractivity contribution in [1.29, 1.82) is 0 Å². The predicted molar refractivity (Wildman–Crippen MR) is 108 cm³/mol. The molecule has 0 unspecified atom stereocenters. The van der Waals surface area contributed by atoms with E-state index >= 15 is 0 Å². The molecule has 28 heavy (non-hydrogen) atoms. The predicted octanol–water partition coefficient (Wildman–Crippen LogP) is 1.31. The van der Waals surface area contributed by atoms with E-state index in [1.165, 1.54) is 6.20 Å². The van der Waals surface area contributed by atoms with Crippen molar-refractivity contribution in [1.82, 2.24) is 23.7 Å². The Morgan fingerprint density at radius 3 is 2.32 bits per heavy atom. The van der Waals surface area contributed by atoms with Crippen LogP contribution in [0.25, 0.3) is 0 Å². The first-order chi connectivity index (χ1) is 13.5. The number of piperazine rings is 1. The highest BCUT2D eigenvalue weighted by molar-refractivity contribution is 7.89. The zero-order valence-electron chi connectivity index (χ0n) is 16.4. The van der Waals surface area contributed by atoms with Crippen LogP contribution in [0.15, 0.2) is 35.6 Å². The van der Waals surface area contributed by atoms with Crippen molar-refractivity contribution in [2.45, 2.75) is 30.7 Å². The lowest BCUT2D eigenvalue weighted by Crippen LogP contribution is -2.46. The van der Waals surface area contributed by atoms with Crippen molar-refractivity contribution in [2.75, 3.05) is 44.2 Å². The molecule has 4 heterocycles. The van der Waals surface area contributed by atoms with E-state index in [9.17, 15) is 8.42 Å². The van der Waals surface area contributed by atoms with Gasteiger partial charge in [0.25, 0.3) is 0 Å². The number of aromatic nitrogens is 3. The van der Waals surface area contributed by atoms with E-state index < -0.39 is 10.0 Å². The first-order valence-corrected chi connectivity index (χ1v) is 11.4. The fourth-order valence-electron chi connectivity index (χ4n) is 3.85. The first-order valence-electron chi connectivity index (χ1n) is 9.94. The van der Waals surface area contributed by atoms with E-state index in [-0.39, 0.29) is 0 Å². The summed E-state index contributed by atoms with van der Waals surface area (Å²) in [6.07, 6.45) is 8.29. The van der Waals surface area contributed by atoms with Crippen LogP contribution in [0.5, 0.6) is 0 Å². The van der Waals surface area contributed by atoms with Crippen molar-refractivity contribution >= 4 is 15.8 Å². The number of sulfonamides is 1. The average Bonchev–Trinajstić information content (AvgIpc) is 3.14. The van der Waals surface area contributed by atoms with Crippen molar-refractivity contribution in [2.24, 2.45) is 7.05 Å². The Bertz CT molecular complexity index is 881. The second-order valence-electron chi connectivity index (χ2n) is 7.53. The number of pyridine rings is 1. The summed E-state index contributed by atoms with van der Waals surface area (Å²) in [7, 11) is -1.40. The third kappa shape index (κ3) is 4.06. The maximum Gasteiger partial charge on any atom is 0.244 e. The van der Waals surface area contributed by atoms with Gasteiger partial charge in [-0.05, 0) is 25.0 Å². The molecule has 0 saturated carbocycles. The quantitative estimate of drug-likeness (QED) is 0.748. The van der Waals surface area contributed by atoms with Gasteiger partial charge in [-0.2, -0.15) is 4.31 Å². The highest BCUT2D eigenvalue weighted by Gasteiger charge is 2.26. The van der Waals surface area contributed by atoms with Gasteiger partial charge in [0.15, 0.2) is 0 Å². The summed E-state index contributed by atoms with van der Waals surface area (Å²) >= 11 is 0. The minimum absolute atomic E-state index is 0.298. The Balaban J connectivity index is 1.36. The van der Waals surface area contributed by atoms with Gasteiger partial charge < -0.3 is 9.47 Å². The van der Waals surface area contributed by atoms with Crippen LogP contribution in [-0.2, 0) is 23.6 Å². The third-order valence-electron chi connectivity index (χ3n) is 5.66. The molecule has 0 bridgehead atoms. The van der Waals surface area contributed by atoms with Gasteiger partial charge in [0.2, 0.25) is 10.0 Å². The minimum atomic E-state index is -3.42. The average molecular weight is 405 g/mol. The van der Waals surface area contributed by atoms with Gasteiger partial charge in [-0.25, -0.2) is 18.4 Å². The van der Waals surface area contributed by atoms with E-state index in [4.69, 9.17) is 0 Å². The zero-order chi connectivity index (χ0) is 19.6. The van der Waals surface area contributed by atoms with Crippen molar-refractivity contribution in [3.8, 4) is 0 Å². The molecular formula is C19H28N6O2S. The molecule has 0 radical (unpaired) electrons. The summed E-state index contributed by atoms with van der Waals surface area (Å²) in [5, 5.41) is 0. The fraction of sp³-hybridized carbons (Fsp3) is 0.579. The summed E-state index contributed by atoms with van der Waals surface area (Å²) < 4.78 is 29.1. The first kappa shape index (κ1) is 19.4. The van der Waals surface area contributed by atoms with E-state index in [1.54, 1.807) is 10.4 Å². The Morgan fingerprint density at radius 1 is 0.964 bits per heavy atom. The van der Waals surface area contributed by atoms with Crippen molar-refractivity contribution in [3.05, 3.63) is 36.5 Å². The van der Waals surface area contributed by atoms with Crippen LogP contribution >= 0.6 is 0 Å². The van der Waals surface area contributed by atoms with Crippen LogP contribution in [0.3, 0.4) is 0 Å². The number of nitrogens with zero attached hydrogens (tertiary/aromatic N) is 6. The van der Waals surface area contributed by atoms with Crippen molar-refractivity contribution < 1.29 is 8.42 Å². The molecule has 0 aliphatic carbocycles. The zero-order valence-corrected chi connectivity index (χ0v) is 17.2. The number of rotatable bonds is 5. The highest BCUT2D eigenvalue weighted by Crippen LogP contribution is 2.22. The fourth-order valence-corrected chi connectivity index (χ4v) is 5.31. The Hall–Kier alpha value is -1.97. The van der Waals surface area contributed by atoms with Crippen LogP contribution in [0.4, 0.5) is 5.82 Å². The molecular weight excluding hydrogens is 376 g/mol. The normalized spacial score (nSPS) is 19.8. The Labute approximate surface area is 166 Å². The Kier molecular flexibility index (Phi) is 5.65. The molecule has 2 aliphatic rings. The van der Waals surface area contributed by atoms with E-state index in [2.05, 4.69) is 24.3 Å². The van der Waals surface area contributed by atoms with E-state index in [0.717, 1.165) is 63.6 Å². The molecule has 0 atom stereocenters. The topological polar surface area (TPSA) is 74.6 Å². The second-order valence-corrected chi connectivity index (χ2v) is 9.47. The van der Waals surface area contributed by atoms with Crippen LogP contribution in [-0.4, -0.2) is 71.4 Å². The molecule has 0 N–H and O–H groups in total. The molecule has 8 nitrogen and oxygen atoms in total. The van der Waals surface area contributed by atoms with Gasteiger partial charge in [-0.15, -0.1) is 0 Å². The molecule has 4 rings (SSSR count). The maximum absolute atomic E-state index is 12.8. The molecule has 9 heteroatoms. The second kappa shape index (κ2) is 8.18. The summed E-state index contributed by atoms with van der Waals surface area (Å²) in [5.74, 6) is 1.91. The molecule has 2 aliphatic heterocycles.